The molecule has 26 heavy (non-hydrogen) atoms. The molecule has 4 rings (SSSR count). The maximum atomic E-state index is 13.0. The number of aryl methyl sites for hydroxylation is 1. The SMILES string of the molecule is CCc1cccc2c(C3CCN(C(=O)c4ccc(F)cc4)CC3)[nH]nc12. The first-order valence-corrected chi connectivity index (χ1v) is 9.18. The van der Waals surface area contributed by atoms with Gasteiger partial charge in [-0.25, -0.2) is 4.39 Å². The second-order valence-corrected chi connectivity index (χ2v) is 6.88. The zero-order valence-electron chi connectivity index (χ0n) is 14.8. The van der Waals surface area contributed by atoms with Crippen LogP contribution in [0.25, 0.3) is 10.9 Å². The third-order valence-electron chi connectivity index (χ3n) is 5.36. The summed E-state index contributed by atoms with van der Waals surface area (Å²) in [5.41, 5.74) is 4.05. The highest BCUT2D eigenvalue weighted by Crippen LogP contribution is 2.33. The number of nitrogens with zero attached hydrogens (tertiary/aromatic N) is 2. The molecule has 0 unspecified atom stereocenters. The van der Waals surface area contributed by atoms with E-state index in [0.29, 0.717) is 24.6 Å². The second-order valence-electron chi connectivity index (χ2n) is 6.88. The van der Waals surface area contributed by atoms with E-state index >= 15 is 0 Å². The Morgan fingerprint density at radius 2 is 1.92 bits per heavy atom. The predicted molar refractivity (Wildman–Crippen MR) is 99.8 cm³/mol. The third kappa shape index (κ3) is 2.98. The normalized spacial score (nSPS) is 15.5. The van der Waals surface area contributed by atoms with Crippen molar-refractivity contribution in [2.75, 3.05) is 13.1 Å². The van der Waals surface area contributed by atoms with Crippen LogP contribution in [0, 0.1) is 5.82 Å². The topological polar surface area (TPSA) is 49.0 Å². The van der Waals surface area contributed by atoms with Gasteiger partial charge in [0.1, 0.15) is 5.82 Å². The van der Waals surface area contributed by atoms with E-state index in [1.165, 1.54) is 28.8 Å². The van der Waals surface area contributed by atoms with Crippen LogP contribution < -0.4 is 0 Å². The fourth-order valence-electron chi connectivity index (χ4n) is 3.86. The Morgan fingerprint density at radius 3 is 2.62 bits per heavy atom. The molecular weight excluding hydrogens is 329 g/mol. The van der Waals surface area contributed by atoms with E-state index in [2.05, 4.69) is 35.3 Å². The van der Waals surface area contributed by atoms with Crippen molar-refractivity contribution in [3.05, 3.63) is 65.1 Å². The van der Waals surface area contributed by atoms with Crippen molar-refractivity contribution in [1.82, 2.24) is 15.1 Å². The highest BCUT2D eigenvalue weighted by molar-refractivity contribution is 5.94. The first-order valence-electron chi connectivity index (χ1n) is 9.18. The van der Waals surface area contributed by atoms with Gasteiger partial charge in [-0.3, -0.25) is 9.89 Å². The van der Waals surface area contributed by atoms with Crippen LogP contribution in [0.4, 0.5) is 4.39 Å². The lowest BCUT2D eigenvalue weighted by atomic mass is 9.91. The molecule has 1 amide bonds. The lowest BCUT2D eigenvalue weighted by Gasteiger charge is -2.31. The van der Waals surface area contributed by atoms with E-state index in [9.17, 15) is 9.18 Å². The van der Waals surface area contributed by atoms with Crippen LogP contribution in [0.5, 0.6) is 0 Å². The molecule has 134 valence electrons. The molecular formula is C21H22FN3O. The lowest BCUT2D eigenvalue weighted by molar-refractivity contribution is 0.0712. The number of H-pyrrole nitrogens is 1. The number of para-hydroxylation sites is 1. The van der Waals surface area contributed by atoms with Crippen molar-refractivity contribution in [1.29, 1.82) is 0 Å². The quantitative estimate of drug-likeness (QED) is 0.765. The number of nitrogens with one attached hydrogen (secondary N) is 1. The number of fused-ring (bicyclic) bond motifs is 1. The van der Waals surface area contributed by atoms with Crippen molar-refractivity contribution in [3.63, 3.8) is 0 Å². The van der Waals surface area contributed by atoms with Gasteiger partial charge in [-0.1, -0.05) is 25.1 Å². The smallest absolute Gasteiger partial charge is 0.253 e. The molecule has 0 atom stereocenters. The first kappa shape index (κ1) is 16.8. The number of carbonyl (C=O) groups excluding carboxylic acids is 1. The van der Waals surface area contributed by atoms with Crippen molar-refractivity contribution in [3.8, 4) is 0 Å². The number of hydrogen-bond donors (Lipinski definition) is 1. The molecule has 0 spiro atoms. The average molecular weight is 351 g/mol. The maximum Gasteiger partial charge on any atom is 0.253 e. The van der Waals surface area contributed by atoms with Gasteiger partial charge >= 0.3 is 0 Å². The molecule has 1 N–H and O–H groups in total. The fourth-order valence-corrected chi connectivity index (χ4v) is 3.86. The minimum Gasteiger partial charge on any atom is -0.339 e. The number of carbonyl (C=O) groups is 1. The summed E-state index contributed by atoms with van der Waals surface area (Å²) in [5.74, 6) is 0.0355. The predicted octanol–water partition coefficient (Wildman–Crippen LogP) is 4.28. The van der Waals surface area contributed by atoms with E-state index in [0.717, 1.165) is 24.8 Å². The summed E-state index contributed by atoms with van der Waals surface area (Å²) in [5, 5.41) is 8.98. The number of benzene rings is 2. The molecule has 1 aliphatic rings. The molecule has 0 aliphatic carbocycles. The van der Waals surface area contributed by atoms with Gasteiger partial charge in [-0.2, -0.15) is 5.10 Å². The number of aromatic amines is 1. The lowest BCUT2D eigenvalue weighted by Crippen LogP contribution is -2.38. The van der Waals surface area contributed by atoms with Gasteiger partial charge in [0.15, 0.2) is 0 Å². The van der Waals surface area contributed by atoms with Gasteiger partial charge in [0.05, 0.1) is 5.52 Å². The van der Waals surface area contributed by atoms with E-state index in [1.54, 1.807) is 12.1 Å². The Bertz CT molecular complexity index is 924. The van der Waals surface area contributed by atoms with Gasteiger partial charge in [0.2, 0.25) is 0 Å². The van der Waals surface area contributed by atoms with Crippen LogP contribution in [0.2, 0.25) is 0 Å². The molecule has 2 heterocycles. The van der Waals surface area contributed by atoms with Crippen LogP contribution >= 0.6 is 0 Å². The van der Waals surface area contributed by atoms with Crippen molar-refractivity contribution >= 4 is 16.8 Å². The Morgan fingerprint density at radius 1 is 1.19 bits per heavy atom. The summed E-state index contributed by atoms with van der Waals surface area (Å²) in [6.07, 6.45) is 2.77. The van der Waals surface area contributed by atoms with Gasteiger partial charge in [0.25, 0.3) is 5.91 Å². The zero-order valence-corrected chi connectivity index (χ0v) is 14.8. The van der Waals surface area contributed by atoms with Crippen LogP contribution in [-0.2, 0) is 6.42 Å². The Hall–Kier alpha value is -2.69. The number of hydrogen-bond acceptors (Lipinski definition) is 2. The summed E-state index contributed by atoms with van der Waals surface area (Å²) in [6.45, 7) is 3.55. The summed E-state index contributed by atoms with van der Waals surface area (Å²) in [7, 11) is 0. The minimum atomic E-state index is -0.321. The molecule has 0 saturated carbocycles. The summed E-state index contributed by atoms with van der Waals surface area (Å²) < 4.78 is 13.0. The van der Waals surface area contributed by atoms with E-state index < -0.39 is 0 Å². The minimum absolute atomic E-state index is 0.0220. The highest BCUT2D eigenvalue weighted by Gasteiger charge is 2.27. The van der Waals surface area contributed by atoms with E-state index in [4.69, 9.17) is 0 Å². The number of piperidine rings is 1. The summed E-state index contributed by atoms with van der Waals surface area (Å²) in [4.78, 5) is 14.4. The van der Waals surface area contributed by atoms with Crippen molar-refractivity contribution < 1.29 is 9.18 Å². The largest absolute Gasteiger partial charge is 0.339 e. The summed E-state index contributed by atoms with van der Waals surface area (Å²) in [6, 6.07) is 12.1. The molecule has 1 fully saturated rings. The number of likely N-dealkylation sites (tertiary alicyclic amines) is 1. The fraction of sp³-hybridized carbons (Fsp3) is 0.333. The number of halogens is 1. The highest BCUT2D eigenvalue weighted by atomic mass is 19.1. The van der Waals surface area contributed by atoms with Crippen molar-refractivity contribution in [2.24, 2.45) is 0 Å². The molecule has 4 nitrogen and oxygen atoms in total. The number of rotatable bonds is 3. The van der Waals surface area contributed by atoms with Crippen LogP contribution in [0.1, 0.15) is 47.3 Å². The molecule has 1 saturated heterocycles. The van der Waals surface area contributed by atoms with Crippen LogP contribution in [-0.4, -0.2) is 34.1 Å². The molecule has 0 bridgehead atoms. The van der Waals surface area contributed by atoms with E-state index in [-0.39, 0.29) is 11.7 Å². The first-order chi connectivity index (χ1) is 12.7. The molecule has 1 aromatic heterocycles. The molecule has 2 aromatic carbocycles. The molecule has 3 aromatic rings. The second kappa shape index (κ2) is 6.90. The standard InChI is InChI=1S/C21H22FN3O/c1-2-14-4-3-5-18-19(14)23-24-20(18)15-10-12-25(13-11-15)21(26)16-6-8-17(22)9-7-16/h3-9,15H,2,10-13H2,1H3,(H,23,24). The van der Waals surface area contributed by atoms with Gasteiger partial charge in [-0.15, -0.1) is 0 Å². The van der Waals surface area contributed by atoms with Crippen LogP contribution in [0.3, 0.4) is 0 Å². The summed E-state index contributed by atoms with van der Waals surface area (Å²) >= 11 is 0. The van der Waals surface area contributed by atoms with Gasteiger partial charge in [-0.05, 0) is 49.1 Å². The Kier molecular flexibility index (Phi) is 4.45. The molecule has 5 heteroatoms. The van der Waals surface area contributed by atoms with Crippen molar-refractivity contribution in [2.45, 2.75) is 32.1 Å². The number of amides is 1. The zero-order chi connectivity index (χ0) is 18.1. The Balaban J connectivity index is 1.49. The van der Waals surface area contributed by atoms with Gasteiger partial charge < -0.3 is 4.90 Å². The molecule has 1 aliphatic heterocycles. The maximum absolute atomic E-state index is 13.0. The average Bonchev–Trinajstić information content (AvgIpc) is 3.12. The number of aromatic nitrogens is 2. The molecule has 0 radical (unpaired) electrons. The van der Waals surface area contributed by atoms with E-state index in [1.807, 2.05) is 4.90 Å². The third-order valence-corrected chi connectivity index (χ3v) is 5.36. The van der Waals surface area contributed by atoms with Gasteiger partial charge in [0, 0.05) is 35.7 Å². The Labute approximate surface area is 152 Å². The monoisotopic (exact) mass is 351 g/mol. The van der Waals surface area contributed by atoms with Crippen LogP contribution in [0.15, 0.2) is 42.5 Å².